The van der Waals surface area contributed by atoms with Crippen LogP contribution in [0.5, 0.6) is 5.75 Å². The Morgan fingerprint density at radius 2 is 2.22 bits per heavy atom. The van der Waals surface area contributed by atoms with Crippen LogP contribution in [0.15, 0.2) is 29.4 Å². The Balaban J connectivity index is 2.37. The molecule has 1 heterocycles. The number of amides is 1. The largest absolute Gasteiger partial charge is 0.492 e. The summed E-state index contributed by atoms with van der Waals surface area (Å²) < 4.78 is 5.38. The first-order valence-electron chi connectivity index (χ1n) is 5.49. The van der Waals surface area contributed by atoms with Crippen LogP contribution in [0.3, 0.4) is 0 Å². The van der Waals surface area contributed by atoms with E-state index in [0.717, 1.165) is 5.01 Å². The van der Waals surface area contributed by atoms with E-state index in [4.69, 9.17) is 9.84 Å². The van der Waals surface area contributed by atoms with Crippen LogP contribution >= 0.6 is 0 Å². The zero-order chi connectivity index (χ0) is 13.1. The van der Waals surface area contributed by atoms with E-state index in [1.54, 1.807) is 24.3 Å². The molecular weight excluding hydrogens is 236 g/mol. The predicted molar refractivity (Wildman–Crippen MR) is 64.8 cm³/mol. The smallest absolute Gasteiger partial charge is 0.352 e. The van der Waals surface area contributed by atoms with Crippen molar-refractivity contribution in [2.45, 2.75) is 13.3 Å². The van der Waals surface area contributed by atoms with Gasteiger partial charge in [0, 0.05) is 0 Å². The molecule has 0 radical (unpaired) electrons. The van der Waals surface area contributed by atoms with Crippen molar-refractivity contribution in [2.75, 3.05) is 11.6 Å². The van der Waals surface area contributed by atoms with Crippen LogP contribution in [0.25, 0.3) is 0 Å². The highest BCUT2D eigenvalue weighted by Crippen LogP contribution is 2.30. The Kier molecular flexibility index (Phi) is 3.27. The van der Waals surface area contributed by atoms with Gasteiger partial charge in [-0.05, 0) is 19.1 Å². The molecule has 0 aliphatic carbocycles. The molecule has 0 unspecified atom stereocenters. The number of anilines is 1. The molecule has 1 aromatic rings. The first kappa shape index (κ1) is 12.1. The third-order valence-corrected chi connectivity index (χ3v) is 2.42. The number of hydrogen-bond acceptors (Lipinski definition) is 4. The lowest BCUT2D eigenvalue weighted by Gasteiger charge is -2.15. The number of carbonyl (C=O) groups excluding carboxylic acids is 1. The van der Waals surface area contributed by atoms with Crippen LogP contribution in [0.4, 0.5) is 5.69 Å². The van der Waals surface area contributed by atoms with Crippen LogP contribution in [-0.4, -0.2) is 29.3 Å². The molecule has 0 saturated carbocycles. The molecule has 94 valence electrons. The van der Waals surface area contributed by atoms with Gasteiger partial charge in [-0.25, -0.2) is 4.79 Å². The molecule has 18 heavy (non-hydrogen) atoms. The molecule has 0 spiro atoms. The summed E-state index contributed by atoms with van der Waals surface area (Å²) in [4.78, 5) is 22.5. The van der Waals surface area contributed by atoms with Gasteiger partial charge in [0.1, 0.15) is 11.4 Å². The van der Waals surface area contributed by atoms with Gasteiger partial charge in [-0.15, -0.1) is 0 Å². The lowest BCUT2D eigenvalue weighted by molar-refractivity contribution is -0.129. The summed E-state index contributed by atoms with van der Waals surface area (Å²) in [5.41, 5.74) is 0.298. The molecule has 0 aromatic heterocycles. The van der Waals surface area contributed by atoms with Crippen molar-refractivity contribution in [1.82, 2.24) is 0 Å². The van der Waals surface area contributed by atoms with E-state index in [2.05, 4.69) is 5.10 Å². The van der Waals surface area contributed by atoms with Gasteiger partial charge in [0.2, 0.25) is 0 Å². The van der Waals surface area contributed by atoms with E-state index in [-0.39, 0.29) is 18.0 Å². The van der Waals surface area contributed by atoms with Gasteiger partial charge in [0.25, 0.3) is 5.91 Å². The van der Waals surface area contributed by atoms with Crippen molar-refractivity contribution in [3.8, 4) is 5.75 Å². The number of carboxylic acid groups (broad SMARTS) is 1. The summed E-state index contributed by atoms with van der Waals surface area (Å²) in [6, 6.07) is 6.88. The fraction of sp³-hybridized carbons (Fsp3) is 0.250. The Hall–Kier alpha value is -2.37. The maximum Gasteiger partial charge on any atom is 0.352 e. The minimum atomic E-state index is -1.18. The summed E-state index contributed by atoms with van der Waals surface area (Å²) in [5.74, 6) is -1.05. The number of hydrazone groups is 1. The van der Waals surface area contributed by atoms with Crippen LogP contribution < -0.4 is 9.75 Å². The van der Waals surface area contributed by atoms with Gasteiger partial charge >= 0.3 is 5.97 Å². The van der Waals surface area contributed by atoms with Crippen molar-refractivity contribution >= 4 is 23.3 Å². The molecule has 0 bridgehead atoms. The summed E-state index contributed by atoms with van der Waals surface area (Å²) in [6.07, 6.45) is -0.199. The topological polar surface area (TPSA) is 79.2 Å². The van der Waals surface area contributed by atoms with Crippen molar-refractivity contribution in [1.29, 1.82) is 0 Å². The monoisotopic (exact) mass is 248 g/mol. The highest BCUT2D eigenvalue weighted by molar-refractivity contribution is 6.42. The number of ether oxygens (including phenoxy) is 1. The van der Waals surface area contributed by atoms with E-state index in [0.29, 0.717) is 18.0 Å². The molecule has 1 N–H and O–H groups in total. The Morgan fingerprint density at radius 3 is 2.83 bits per heavy atom. The molecule has 6 heteroatoms. The van der Waals surface area contributed by atoms with E-state index < -0.39 is 5.97 Å². The first-order valence-corrected chi connectivity index (χ1v) is 5.49. The van der Waals surface area contributed by atoms with Gasteiger partial charge < -0.3 is 9.84 Å². The van der Waals surface area contributed by atoms with Crippen molar-refractivity contribution in [2.24, 2.45) is 5.10 Å². The molecular formula is C12H12N2O4. The highest BCUT2D eigenvalue weighted by atomic mass is 16.5. The van der Waals surface area contributed by atoms with Gasteiger partial charge in [-0.1, -0.05) is 12.1 Å². The van der Waals surface area contributed by atoms with Gasteiger partial charge in [0.05, 0.1) is 13.0 Å². The maximum atomic E-state index is 11.7. The van der Waals surface area contributed by atoms with Crippen LogP contribution in [0.2, 0.25) is 0 Å². The quantitative estimate of drug-likeness (QED) is 0.870. The fourth-order valence-electron chi connectivity index (χ4n) is 1.65. The fourth-order valence-corrected chi connectivity index (χ4v) is 1.65. The lowest BCUT2D eigenvalue weighted by Crippen LogP contribution is -2.20. The van der Waals surface area contributed by atoms with E-state index >= 15 is 0 Å². The average molecular weight is 248 g/mol. The van der Waals surface area contributed by atoms with Gasteiger partial charge in [-0.3, -0.25) is 4.79 Å². The van der Waals surface area contributed by atoms with Gasteiger partial charge in [0.15, 0.2) is 5.71 Å². The molecule has 1 aliphatic rings. The maximum absolute atomic E-state index is 11.7. The Bertz CT molecular complexity index is 525. The summed E-state index contributed by atoms with van der Waals surface area (Å²) in [6.45, 7) is 2.28. The molecule has 1 aromatic carbocycles. The first-order chi connectivity index (χ1) is 8.63. The summed E-state index contributed by atoms with van der Waals surface area (Å²) in [7, 11) is 0. The minimum absolute atomic E-state index is 0.161. The number of para-hydroxylation sites is 2. The Labute approximate surface area is 103 Å². The van der Waals surface area contributed by atoms with Crippen molar-refractivity contribution < 1.29 is 19.4 Å². The van der Waals surface area contributed by atoms with Gasteiger partial charge in [-0.2, -0.15) is 10.1 Å². The number of aliphatic carboxylic acids is 1. The molecule has 1 amide bonds. The standard InChI is InChI=1S/C12H12N2O4/c1-2-18-10-6-4-3-5-9(10)14-11(15)7-8(13-14)12(16)17/h3-6H,2,7H2,1H3,(H,16,17). The number of rotatable bonds is 4. The number of carboxylic acids is 1. The van der Waals surface area contributed by atoms with E-state index in [1.807, 2.05) is 6.92 Å². The highest BCUT2D eigenvalue weighted by Gasteiger charge is 2.30. The van der Waals surface area contributed by atoms with Crippen LogP contribution in [0.1, 0.15) is 13.3 Å². The van der Waals surface area contributed by atoms with E-state index in [9.17, 15) is 9.59 Å². The second-order valence-electron chi connectivity index (χ2n) is 3.63. The third kappa shape index (κ3) is 2.17. The molecule has 0 fully saturated rings. The summed E-state index contributed by atoms with van der Waals surface area (Å²) in [5, 5.41) is 13.7. The third-order valence-electron chi connectivity index (χ3n) is 2.42. The zero-order valence-corrected chi connectivity index (χ0v) is 9.79. The number of benzene rings is 1. The van der Waals surface area contributed by atoms with Crippen LogP contribution in [-0.2, 0) is 9.59 Å². The minimum Gasteiger partial charge on any atom is -0.492 e. The summed E-state index contributed by atoms with van der Waals surface area (Å²) >= 11 is 0. The number of hydrogen-bond donors (Lipinski definition) is 1. The van der Waals surface area contributed by atoms with Crippen molar-refractivity contribution in [3.05, 3.63) is 24.3 Å². The number of nitrogens with zero attached hydrogens (tertiary/aromatic N) is 2. The number of carbonyl (C=O) groups is 2. The Morgan fingerprint density at radius 1 is 1.50 bits per heavy atom. The molecule has 2 rings (SSSR count). The van der Waals surface area contributed by atoms with Crippen molar-refractivity contribution in [3.63, 3.8) is 0 Å². The predicted octanol–water partition coefficient (Wildman–Crippen LogP) is 1.26. The van der Waals surface area contributed by atoms with Crippen LogP contribution in [0, 0.1) is 0 Å². The lowest BCUT2D eigenvalue weighted by atomic mass is 10.2. The molecule has 1 aliphatic heterocycles. The second-order valence-corrected chi connectivity index (χ2v) is 3.63. The zero-order valence-electron chi connectivity index (χ0n) is 9.79. The van der Waals surface area contributed by atoms with E-state index in [1.165, 1.54) is 0 Å². The molecule has 6 nitrogen and oxygen atoms in total. The molecule has 0 atom stereocenters. The molecule has 0 saturated heterocycles. The normalized spacial score (nSPS) is 14.6. The second kappa shape index (κ2) is 4.87. The average Bonchev–Trinajstić information content (AvgIpc) is 2.73. The SMILES string of the molecule is CCOc1ccccc1N1N=C(C(=O)O)CC1=O.